The Hall–Kier alpha value is -3.71. The zero-order valence-electron chi connectivity index (χ0n) is 21.1. The topological polar surface area (TPSA) is 77.6 Å². The molecule has 0 spiro atoms. The average Bonchev–Trinajstić information content (AvgIpc) is 3.14. The number of carbonyl (C=O) groups is 2. The van der Waals surface area contributed by atoms with Crippen LogP contribution in [0.2, 0.25) is 0 Å². The van der Waals surface area contributed by atoms with Crippen LogP contribution in [0.15, 0.2) is 60.9 Å². The van der Waals surface area contributed by atoms with Crippen molar-refractivity contribution in [2.75, 3.05) is 36.2 Å². The molecule has 0 bridgehead atoms. The van der Waals surface area contributed by atoms with Gasteiger partial charge in [0.2, 0.25) is 5.91 Å². The summed E-state index contributed by atoms with van der Waals surface area (Å²) in [5, 5.41) is 6.47. The molecule has 1 aromatic heterocycles. The molecule has 4 rings (SSSR count). The van der Waals surface area contributed by atoms with Gasteiger partial charge in [0, 0.05) is 36.0 Å². The van der Waals surface area contributed by atoms with Gasteiger partial charge in [-0.15, -0.1) is 0 Å². The number of hydrogen-bond donors (Lipinski definition) is 2. The van der Waals surface area contributed by atoms with Crippen molar-refractivity contribution in [3.05, 3.63) is 83.2 Å². The van der Waals surface area contributed by atoms with E-state index in [1.165, 1.54) is 0 Å². The normalized spacial score (nSPS) is 13.2. The number of hydrogen-bond acceptors (Lipinski definition) is 5. The van der Waals surface area contributed by atoms with Gasteiger partial charge in [-0.25, -0.2) is 0 Å². The molecule has 2 N–H and O–H groups in total. The molecule has 2 heterocycles. The third-order valence-electron chi connectivity index (χ3n) is 6.03. The van der Waals surface area contributed by atoms with E-state index in [-0.39, 0.29) is 23.8 Å². The van der Waals surface area contributed by atoms with Gasteiger partial charge in [-0.1, -0.05) is 39.0 Å². The molecule has 0 saturated carbocycles. The van der Waals surface area contributed by atoms with Crippen molar-refractivity contribution in [1.82, 2.24) is 9.88 Å². The standard InChI is InChI=1S/C28H33N5O2/c1-28(2,3)22-10-9-21(15-24(22)31-25(34)18-32(4)5)33-17-20-7-6-8-23(26(20)27(33)35)30-16-19-11-13-29-14-12-19/h6-15,30H,16-18H2,1-5H3,(H,31,34). The molecule has 0 radical (unpaired) electrons. The van der Waals surface area contributed by atoms with Gasteiger partial charge in [-0.3, -0.25) is 14.6 Å². The highest BCUT2D eigenvalue weighted by atomic mass is 16.2. The Kier molecular flexibility index (Phi) is 6.89. The molecule has 0 atom stereocenters. The van der Waals surface area contributed by atoms with Gasteiger partial charge >= 0.3 is 0 Å². The largest absolute Gasteiger partial charge is 0.380 e. The van der Waals surface area contributed by atoms with E-state index in [0.717, 1.165) is 33.8 Å². The summed E-state index contributed by atoms with van der Waals surface area (Å²) in [5.41, 5.74) is 5.94. The van der Waals surface area contributed by atoms with Gasteiger partial charge < -0.3 is 20.4 Å². The van der Waals surface area contributed by atoms with Crippen molar-refractivity contribution in [2.24, 2.45) is 0 Å². The van der Waals surface area contributed by atoms with Gasteiger partial charge in [0.05, 0.1) is 18.7 Å². The first kappa shape index (κ1) is 24.4. The third-order valence-corrected chi connectivity index (χ3v) is 6.03. The fraction of sp³-hybridized carbons (Fsp3) is 0.321. The minimum absolute atomic E-state index is 0.0492. The van der Waals surface area contributed by atoms with Gasteiger partial charge in [0.15, 0.2) is 0 Å². The van der Waals surface area contributed by atoms with E-state index in [2.05, 4.69) is 36.4 Å². The Bertz CT molecular complexity index is 1230. The van der Waals surface area contributed by atoms with Crippen molar-refractivity contribution < 1.29 is 9.59 Å². The number of nitrogens with zero attached hydrogens (tertiary/aromatic N) is 3. The second-order valence-electron chi connectivity index (χ2n) is 10.2. The van der Waals surface area contributed by atoms with E-state index < -0.39 is 0 Å². The fourth-order valence-corrected chi connectivity index (χ4v) is 4.35. The molecule has 182 valence electrons. The summed E-state index contributed by atoms with van der Waals surface area (Å²) in [5.74, 6) is -0.136. The fourth-order valence-electron chi connectivity index (χ4n) is 4.35. The summed E-state index contributed by atoms with van der Waals surface area (Å²) in [7, 11) is 3.72. The number of benzene rings is 2. The highest BCUT2D eigenvalue weighted by molar-refractivity contribution is 6.13. The summed E-state index contributed by atoms with van der Waals surface area (Å²) in [4.78, 5) is 33.8. The second-order valence-corrected chi connectivity index (χ2v) is 10.2. The number of pyridine rings is 1. The van der Waals surface area contributed by atoms with E-state index in [4.69, 9.17) is 0 Å². The number of likely N-dealkylation sites (N-methyl/N-ethyl adjacent to an activating group) is 1. The van der Waals surface area contributed by atoms with Gasteiger partial charge in [-0.05, 0) is 66.5 Å². The van der Waals surface area contributed by atoms with Crippen molar-refractivity contribution in [3.63, 3.8) is 0 Å². The molecule has 0 fully saturated rings. The molecule has 2 amide bonds. The van der Waals surface area contributed by atoms with Crippen LogP contribution in [0.3, 0.4) is 0 Å². The minimum Gasteiger partial charge on any atom is -0.380 e. The maximum absolute atomic E-state index is 13.6. The lowest BCUT2D eigenvalue weighted by Crippen LogP contribution is -2.29. The Balaban J connectivity index is 1.61. The molecule has 7 nitrogen and oxygen atoms in total. The van der Waals surface area contributed by atoms with Gasteiger partial charge in [0.1, 0.15) is 0 Å². The van der Waals surface area contributed by atoms with Crippen LogP contribution in [-0.4, -0.2) is 42.3 Å². The molecule has 35 heavy (non-hydrogen) atoms. The molecule has 7 heteroatoms. The van der Waals surface area contributed by atoms with Gasteiger partial charge in [-0.2, -0.15) is 0 Å². The van der Waals surface area contributed by atoms with E-state index in [1.807, 2.05) is 67.5 Å². The quantitative estimate of drug-likeness (QED) is 0.524. The van der Waals surface area contributed by atoms with Gasteiger partial charge in [0.25, 0.3) is 5.91 Å². The van der Waals surface area contributed by atoms with Crippen molar-refractivity contribution in [2.45, 2.75) is 39.3 Å². The Morgan fingerprint density at radius 1 is 1.06 bits per heavy atom. The van der Waals surface area contributed by atoms with Crippen LogP contribution in [0.25, 0.3) is 0 Å². The Labute approximate surface area is 207 Å². The van der Waals surface area contributed by atoms with E-state index in [0.29, 0.717) is 18.7 Å². The summed E-state index contributed by atoms with van der Waals surface area (Å²) >= 11 is 0. The summed E-state index contributed by atoms with van der Waals surface area (Å²) in [6.07, 6.45) is 3.52. The molecule has 0 unspecified atom stereocenters. The van der Waals surface area contributed by atoms with Crippen LogP contribution in [0.1, 0.15) is 47.8 Å². The third kappa shape index (κ3) is 5.52. The second kappa shape index (κ2) is 9.88. The van der Waals surface area contributed by atoms with Crippen LogP contribution in [-0.2, 0) is 23.3 Å². The smallest absolute Gasteiger partial charge is 0.261 e. The highest BCUT2D eigenvalue weighted by Gasteiger charge is 2.32. The number of amides is 2. The molecule has 3 aromatic rings. The van der Waals surface area contributed by atoms with E-state index in [9.17, 15) is 9.59 Å². The number of nitrogens with one attached hydrogen (secondary N) is 2. The summed E-state index contributed by atoms with van der Waals surface area (Å²) in [6.45, 7) is 7.71. The monoisotopic (exact) mass is 471 g/mol. The Morgan fingerprint density at radius 2 is 1.80 bits per heavy atom. The molecular formula is C28H33N5O2. The van der Waals surface area contributed by atoms with Crippen LogP contribution >= 0.6 is 0 Å². The average molecular weight is 472 g/mol. The Morgan fingerprint density at radius 3 is 2.49 bits per heavy atom. The van der Waals surface area contributed by atoms with Crippen LogP contribution in [0.5, 0.6) is 0 Å². The zero-order chi connectivity index (χ0) is 25.2. The number of anilines is 3. The highest BCUT2D eigenvalue weighted by Crippen LogP contribution is 2.37. The molecule has 2 aromatic carbocycles. The van der Waals surface area contributed by atoms with Crippen molar-refractivity contribution >= 4 is 28.9 Å². The van der Waals surface area contributed by atoms with Crippen LogP contribution < -0.4 is 15.5 Å². The molecule has 1 aliphatic rings. The molecule has 1 aliphatic heterocycles. The first-order chi connectivity index (χ1) is 16.6. The lowest BCUT2D eigenvalue weighted by atomic mass is 9.85. The number of fused-ring (bicyclic) bond motifs is 1. The van der Waals surface area contributed by atoms with Crippen LogP contribution in [0, 0.1) is 0 Å². The predicted octanol–water partition coefficient (Wildman–Crippen LogP) is 4.65. The minimum atomic E-state index is -0.165. The van der Waals surface area contributed by atoms with E-state index >= 15 is 0 Å². The van der Waals surface area contributed by atoms with Crippen molar-refractivity contribution in [3.8, 4) is 0 Å². The van der Waals surface area contributed by atoms with Crippen LogP contribution in [0.4, 0.5) is 17.1 Å². The number of rotatable bonds is 7. The maximum Gasteiger partial charge on any atom is 0.261 e. The number of aromatic nitrogens is 1. The summed E-state index contributed by atoms with van der Waals surface area (Å²) < 4.78 is 0. The SMILES string of the molecule is CN(C)CC(=O)Nc1cc(N2Cc3cccc(NCc4ccncc4)c3C2=O)ccc1C(C)(C)C. The van der Waals surface area contributed by atoms with Crippen molar-refractivity contribution in [1.29, 1.82) is 0 Å². The van der Waals surface area contributed by atoms with E-state index in [1.54, 1.807) is 17.3 Å². The first-order valence-corrected chi connectivity index (χ1v) is 11.8. The molecule has 0 saturated heterocycles. The maximum atomic E-state index is 13.6. The predicted molar refractivity (Wildman–Crippen MR) is 141 cm³/mol. The first-order valence-electron chi connectivity index (χ1n) is 11.8. The lowest BCUT2D eigenvalue weighted by molar-refractivity contribution is -0.116. The molecular weight excluding hydrogens is 438 g/mol. The summed E-state index contributed by atoms with van der Waals surface area (Å²) in [6, 6.07) is 15.7. The molecule has 0 aliphatic carbocycles. The zero-order valence-corrected chi connectivity index (χ0v) is 21.1. The number of carbonyl (C=O) groups excluding carboxylic acids is 2. The lowest BCUT2D eigenvalue weighted by Gasteiger charge is -2.26.